The molecule has 3 nitrogen and oxygen atoms in total. The van der Waals surface area contributed by atoms with Gasteiger partial charge in [0.15, 0.2) is 0 Å². The molecule has 3 heteroatoms. The molecule has 0 saturated heterocycles. The standard InChI is InChI=1S/C16H23N3/c1-2-4-17-16(3-1)19-18-10-15-13-6-11-5-12(8-13)9-14(15)7-11/h1-4,11-15,18H,5-10H2,(H,17,19). The van der Waals surface area contributed by atoms with E-state index >= 15 is 0 Å². The maximum absolute atomic E-state index is 4.28. The van der Waals surface area contributed by atoms with E-state index in [0.29, 0.717) is 0 Å². The van der Waals surface area contributed by atoms with Gasteiger partial charge in [0.25, 0.3) is 0 Å². The molecule has 0 aromatic carbocycles. The molecule has 0 radical (unpaired) electrons. The van der Waals surface area contributed by atoms with Gasteiger partial charge in [-0.05, 0) is 73.8 Å². The van der Waals surface area contributed by atoms with Crippen LogP contribution in [0.2, 0.25) is 0 Å². The molecule has 0 spiro atoms. The van der Waals surface area contributed by atoms with E-state index in [-0.39, 0.29) is 0 Å². The summed E-state index contributed by atoms with van der Waals surface area (Å²) < 4.78 is 0. The topological polar surface area (TPSA) is 37.0 Å². The van der Waals surface area contributed by atoms with E-state index in [1.54, 1.807) is 6.42 Å². The monoisotopic (exact) mass is 257 g/mol. The van der Waals surface area contributed by atoms with Gasteiger partial charge < -0.3 is 5.43 Å². The summed E-state index contributed by atoms with van der Waals surface area (Å²) in [5, 5.41) is 0. The van der Waals surface area contributed by atoms with Crippen molar-refractivity contribution < 1.29 is 0 Å². The lowest BCUT2D eigenvalue weighted by atomic mass is 9.52. The highest BCUT2D eigenvalue weighted by Crippen LogP contribution is 2.56. The lowest BCUT2D eigenvalue weighted by Gasteiger charge is -2.54. The van der Waals surface area contributed by atoms with Gasteiger partial charge in [-0.2, -0.15) is 0 Å². The number of pyridine rings is 1. The maximum Gasteiger partial charge on any atom is 0.140 e. The van der Waals surface area contributed by atoms with Crippen LogP contribution in [-0.4, -0.2) is 11.5 Å². The first-order chi connectivity index (χ1) is 9.38. The van der Waals surface area contributed by atoms with Gasteiger partial charge >= 0.3 is 0 Å². The van der Waals surface area contributed by atoms with Crippen LogP contribution in [0.5, 0.6) is 0 Å². The summed E-state index contributed by atoms with van der Waals surface area (Å²) in [5.41, 5.74) is 6.66. The Hall–Kier alpha value is -1.09. The smallest absolute Gasteiger partial charge is 0.140 e. The van der Waals surface area contributed by atoms with Gasteiger partial charge in [-0.15, -0.1) is 0 Å². The minimum absolute atomic E-state index is 0.893. The SMILES string of the molecule is c1ccc(NNCC2C3CC4CC(C3)CC2C4)nc1. The molecule has 4 aliphatic carbocycles. The largest absolute Gasteiger partial charge is 0.306 e. The van der Waals surface area contributed by atoms with Crippen molar-refractivity contribution in [2.45, 2.75) is 32.1 Å². The molecular formula is C16H23N3. The van der Waals surface area contributed by atoms with Gasteiger partial charge in [-0.25, -0.2) is 10.4 Å². The highest BCUT2D eigenvalue weighted by Gasteiger charge is 2.47. The summed E-state index contributed by atoms with van der Waals surface area (Å²) >= 11 is 0. The van der Waals surface area contributed by atoms with Crippen molar-refractivity contribution in [3.63, 3.8) is 0 Å². The summed E-state index contributed by atoms with van der Waals surface area (Å²) in [6.45, 7) is 1.10. The minimum Gasteiger partial charge on any atom is -0.306 e. The van der Waals surface area contributed by atoms with Gasteiger partial charge in [0, 0.05) is 12.7 Å². The number of rotatable bonds is 4. The highest BCUT2D eigenvalue weighted by atomic mass is 15.4. The van der Waals surface area contributed by atoms with E-state index in [1.807, 2.05) is 24.4 Å². The molecule has 102 valence electrons. The van der Waals surface area contributed by atoms with Crippen LogP contribution < -0.4 is 10.9 Å². The number of hydrazine groups is 1. The first-order valence-electron chi connectivity index (χ1n) is 7.78. The molecule has 0 aliphatic heterocycles. The number of hydrogen-bond donors (Lipinski definition) is 2. The molecule has 2 N–H and O–H groups in total. The zero-order valence-corrected chi connectivity index (χ0v) is 11.4. The summed E-state index contributed by atoms with van der Waals surface area (Å²) in [5.74, 6) is 5.95. The minimum atomic E-state index is 0.893. The Kier molecular flexibility index (Phi) is 2.95. The average molecular weight is 257 g/mol. The number of nitrogens with one attached hydrogen (secondary N) is 2. The molecule has 1 aromatic rings. The van der Waals surface area contributed by atoms with Gasteiger partial charge in [0.2, 0.25) is 0 Å². The Morgan fingerprint density at radius 2 is 1.74 bits per heavy atom. The molecule has 19 heavy (non-hydrogen) atoms. The molecule has 4 fully saturated rings. The lowest BCUT2D eigenvalue weighted by molar-refractivity contribution is -0.0348. The van der Waals surface area contributed by atoms with Crippen molar-refractivity contribution in [3.05, 3.63) is 24.4 Å². The normalized spacial score (nSPS) is 39.5. The second-order valence-electron chi connectivity index (χ2n) is 6.82. The van der Waals surface area contributed by atoms with Crippen molar-refractivity contribution >= 4 is 5.82 Å². The summed E-state index contributed by atoms with van der Waals surface area (Å²) in [7, 11) is 0. The van der Waals surface area contributed by atoms with Crippen molar-refractivity contribution in [1.82, 2.24) is 10.4 Å². The summed E-state index contributed by atoms with van der Waals surface area (Å²) in [6, 6.07) is 5.97. The summed E-state index contributed by atoms with van der Waals surface area (Å²) in [4.78, 5) is 4.28. The van der Waals surface area contributed by atoms with Crippen LogP contribution in [-0.2, 0) is 0 Å². The zero-order valence-electron chi connectivity index (χ0n) is 11.4. The predicted molar refractivity (Wildman–Crippen MR) is 76.4 cm³/mol. The Balaban J connectivity index is 1.34. The Morgan fingerprint density at radius 3 is 2.37 bits per heavy atom. The fraction of sp³-hybridized carbons (Fsp3) is 0.688. The van der Waals surface area contributed by atoms with E-state index < -0.39 is 0 Å². The van der Waals surface area contributed by atoms with Gasteiger partial charge in [0.05, 0.1) is 0 Å². The summed E-state index contributed by atoms with van der Waals surface area (Å²) in [6.07, 6.45) is 9.38. The molecule has 0 unspecified atom stereocenters. The van der Waals surface area contributed by atoms with Crippen molar-refractivity contribution in [3.8, 4) is 0 Å². The van der Waals surface area contributed by atoms with Crippen LogP contribution in [0.15, 0.2) is 24.4 Å². The maximum atomic E-state index is 4.28. The number of anilines is 1. The van der Waals surface area contributed by atoms with Crippen LogP contribution in [0.4, 0.5) is 5.82 Å². The third-order valence-corrected chi connectivity index (χ3v) is 5.64. The van der Waals surface area contributed by atoms with E-state index in [4.69, 9.17) is 0 Å². The second kappa shape index (κ2) is 4.78. The number of aromatic nitrogens is 1. The van der Waals surface area contributed by atoms with Crippen molar-refractivity contribution in [1.29, 1.82) is 0 Å². The van der Waals surface area contributed by atoms with Crippen LogP contribution >= 0.6 is 0 Å². The lowest BCUT2D eigenvalue weighted by Crippen LogP contribution is -2.49. The Morgan fingerprint density at radius 1 is 1.00 bits per heavy atom. The third kappa shape index (κ3) is 2.25. The first-order valence-corrected chi connectivity index (χ1v) is 7.78. The molecule has 5 rings (SSSR count). The first kappa shape index (κ1) is 11.7. The third-order valence-electron chi connectivity index (χ3n) is 5.64. The van der Waals surface area contributed by atoms with Gasteiger partial charge in [0.1, 0.15) is 5.82 Å². The zero-order chi connectivity index (χ0) is 12.7. The Labute approximate surface area is 115 Å². The highest BCUT2D eigenvalue weighted by molar-refractivity contribution is 5.31. The quantitative estimate of drug-likeness (QED) is 0.814. The van der Waals surface area contributed by atoms with Crippen LogP contribution in [0.1, 0.15) is 32.1 Å². The number of nitrogens with zero attached hydrogens (tertiary/aromatic N) is 1. The predicted octanol–water partition coefficient (Wildman–Crippen LogP) is 3.07. The average Bonchev–Trinajstić information content (AvgIpc) is 2.42. The molecule has 0 atom stereocenters. The van der Waals surface area contributed by atoms with Crippen molar-refractivity contribution in [2.24, 2.45) is 29.6 Å². The molecule has 4 saturated carbocycles. The molecular weight excluding hydrogens is 234 g/mol. The Bertz CT molecular complexity index is 403. The van der Waals surface area contributed by atoms with Gasteiger partial charge in [-0.3, -0.25) is 0 Å². The van der Waals surface area contributed by atoms with Crippen LogP contribution in [0.3, 0.4) is 0 Å². The van der Waals surface area contributed by atoms with Crippen LogP contribution in [0.25, 0.3) is 0 Å². The fourth-order valence-electron chi connectivity index (χ4n) is 5.07. The van der Waals surface area contributed by atoms with E-state index in [0.717, 1.165) is 42.0 Å². The molecule has 4 aliphatic rings. The van der Waals surface area contributed by atoms with Crippen LogP contribution in [0, 0.1) is 29.6 Å². The molecule has 0 amide bonds. The van der Waals surface area contributed by atoms with E-state index in [9.17, 15) is 0 Å². The number of hydrogen-bond acceptors (Lipinski definition) is 3. The molecule has 1 heterocycles. The molecule has 4 bridgehead atoms. The fourth-order valence-corrected chi connectivity index (χ4v) is 5.07. The molecule has 1 aromatic heterocycles. The van der Waals surface area contributed by atoms with E-state index in [1.165, 1.54) is 25.7 Å². The van der Waals surface area contributed by atoms with E-state index in [2.05, 4.69) is 15.8 Å². The second-order valence-corrected chi connectivity index (χ2v) is 6.82. The van der Waals surface area contributed by atoms with Crippen molar-refractivity contribution in [2.75, 3.05) is 12.0 Å². The van der Waals surface area contributed by atoms with Gasteiger partial charge in [-0.1, -0.05) is 6.07 Å².